The van der Waals surface area contributed by atoms with Crippen molar-refractivity contribution in [2.24, 2.45) is 11.8 Å². The standard InChI is InChI=1S/C15H20O2/c1-10(2)5-4-6-12-7-8-13-14(9-12)11(3)17-15(13)16/h5,7,13-14H,3-4,6,8-9H2,1-2H3. The first-order valence-electron chi connectivity index (χ1n) is 6.29. The van der Waals surface area contributed by atoms with E-state index in [0.29, 0.717) is 5.76 Å². The zero-order valence-corrected chi connectivity index (χ0v) is 10.7. The Morgan fingerprint density at radius 2 is 2.29 bits per heavy atom. The molecule has 0 N–H and O–H groups in total. The number of fused-ring (bicyclic) bond motifs is 1. The minimum atomic E-state index is -0.0837. The van der Waals surface area contributed by atoms with Crippen LogP contribution in [-0.2, 0) is 9.53 Å². The van der Waals surface area contributed by atoms with Crippen molar-refractivity contribution in [2.45, 2.75) is 39.5 Å². The Hall–Kier alpha value is -1.31. The summed E-state index contributed by atoms with van der Waals surface area (Å²) >= 11 is 0. The number of ether oxygens (including phenoxy) is 1. The third kappa shape index (κ3) is 2.68. The highest BCUT2D eigenvalue weighted by Crippen LogP contribution is 2.41. The molecule has 92 valence electrons. The van der Waals surface area contributed by atoms with Crippen LogP contribution < -0.4 is 0 Å². The Bertz CT molecular complexity index is 397. The second kappa shape index (κ2) is 4.91. The van der Waals surface area contributed by atoms with Crippen molar-refractivity contribution in [3.63, 3.8) is 0 Å². The topological polar surface area (TPSA) is 26.3 Å². The minimum absolute atomic E-state index is 0.0368. The van der Waals surface area contributed by atoms with Crippen LogP contribution in [0.3, 0.4) is 0 Å². The number of carbonyl (C=O) groups excluding carboxylic acids is 1. The van der Waals surface area contributed by atoms with Gasteiger partial charge in [-0.1, -0.05) is 29.9 Å². The molecule has 1 fully saturated rings. The van der Waals surface area contributed by atoms with Crippen molar-refractivity contribution >= 4 is 5.97 Å². The van der Waals surface area contributed by atoms with E-state index >= 15 is 0 Å². The molecule has 2 rings (SSSR count). The Labute approximate surface area is 103 Å². The van der Waals surface area contributed by atoms with Gasteiger partial charge in [0.05, 0.1) is 5.92 Å². The molecule has 2 nitrogen and oxygen atoms in total. The van der Waals surface area contributed by atoms with Crippen LogP contribution in [0.5, 0.6) is 0 Å². The average molecular weight is 232 g/mol. The quantitative estimate of drug-likeness (QED) is 0.547. The number of esters is 1. The van der Waals surface area contributed by atoms with Gasteiger partial charge in [0.25, 0.3) is 0 Å². The minimum Gasteiger partial charge on any atom is -0.431 e. The van der Waals surface area contributed by atoms with Gasteiger partial charge in [-0.2, -0.15) is 0 Å². The molecule has 1 heterocycles. The summed E-state index contributed by atoms with van der Waals surface area (Å²) in [4.78, 5) is 11.5. The highest BCUT2D eigenvalue weighted by Gasteiger charge is 2.41. The third-order valence-electron chi connectivity index (χ3n) is 3.59. The lowest BCUT2D eigenvalue weighted by molar-refractivity contribution is -0.139. The van der Waals surface area contributed by atoms with Crippen LogP contribution in [0.15, 0.2) is 35.6 Å². The molecule has 1 aliphatic heterocycles. The molecule has 1 saturated heterocycles. The van der Waals surface area contributed by atoms with E-state index in [9.17, 15) is 4.79 Å². The summed E-state index contributed by atoms with van der Waals surface area (Å²) in [5.74, 6) is 0.858. The van der Waals surface area contributed by atoms with Gasteiger partial charge in [0.15, 0.2) is 0 Å². The zero-order chi connectivity index (χ0) is 12.4. The van der Waals surface area contributed by atoms with Crippen molar-refractivity contribution in [3.05, 3.63) is 35.6 Å². The van der Waals surface area contributed by atoms with Crippen molar-refractivity contribution < 1.29 is 9.53 Å². The van der Waals surface area contributed by atoms with Gasteiger partial charge in [0.1, 0.15) is 5.76 Å². The third-order valence-corrected chi connectivity index (χ3v) is 3.59. The van der Waals surface area contributed by atoms with Gasteiger partial charge in [-0.15, -0.1) is 0 Å². The summed E-state index contributed by atoms with van der Waals surface area (Å²) in [5, 5.41) is 0. The number of hydrogen-bond donors (Lipinski definition) is 0. The van der Waals surface area contributed by atoms with Crippen molar-refractivity contribution in [2.75, 3.05) is 0 Å². The molecular weight excluding hydrogens is 212 g/mol. The molecule has 0 bridgehead atoms. The second-order valence-electron chi connectivity index (χ2n) is 5.22. The molecule has 0 radical (unpaired) electrons. The average Bonchev–Trinajstić information content (AvgIpc) is 2.54. The smallest absolute Gasteiger partial charge is 0.315 e. The lowest BCUT2D eigenvalue weighted by Crippen LogP contribution is -2.19. The van der Waals surface area contributed by atoms with E-state index in [1.807, 2.05) is 0 Å². The SMILES string of the molecule is C=C1OC(=O)C2CC=C(CCC=C(C)C)CC12. The molecular formula is C15H20O2. The van der Waals surface area contributed by atoms with E-state index in [-0.39, 0.29) is 17.8 Å². The van der Waals surface area contributed by atoms with Gasteiger partial charge in [0.2, 0.25) is 0 Å². The molecule has 17 heavy (non-hydrogen) atoms. The fourth-order valence-corrected chi connectivity index (χ4v) is 2.60. The number of cyclic esters (lactones) is 1. The van der Waals surface area contributed by atoms with E-state index in [1.54, 1.807) is 0 Å². The fraction of sp³-hybridized carbons (Fsp3) is 0.533. The van der Waals surface area contributed by atoms with Crippen LogP contribution in [0.2, 0.25) is 0 Å². The molecule has 0 aromatic rings. The zero-order valence-electron chi connectivity index (χ0n) is 10.7. The summed E-state index contributed by atoms with van der Waals surface area (Å²) in [6.45, 7) is 8.09. The van der Waals surface area contributed by atoms with Crippen molar-refractivity contribution in [3.8, 4) is 0 Å². The maximum Gasteiger partial charge on any atom is 0.315 e. The number of carbonyl (C=O) groups is 1. The fourth-order valence-electron chi connectivity index (χ4n) is 2.60. The van der Waals surface area contributed by atoms with Crippen molar-refractivity contribution in [1.29, 1.82) is 0 Å². The number of allylic oxidation sites excluding steroid dienone is 5. The van der Waals surface area contributed by atoms with Crippen LogP contribution in [0.1, 0.15) is 39.5 Å². The van der Waals surface area contributed by atoms with Crippen molar-refractivity contribution in [1.82, 2.24) is 0 Å². The second-order valence-corrected chi connectivity index (χ2v) is 5.22. The predicted molar refractivity (Wildman–Crippen MR) is 68.2 cm³/mol. The molecule has 2 aliphatic rings. The molecule has 0 aromatic carbocycles. The van der Waals surface area contributed by atoms with E-state index in [0.717, 1.165) is 25.7 Å². The Morgan fingerprint density at radius 1 is 1.53 bits per heavy atom. The lowest BCUT2D eigenvalue weighted by Gasteiger charge is -2.21. The van der Waals surface area contributed by atoms with Gasteiger partial charge in [-0.25, -0.2) is 0 Å². The Morgan fingerprint density at radius 3 is 3.00 bits per heavy atom. The lowest BCUT2D eigenvalue weighted by atomic mass is 9.79. The summed E-state index contributed by atoms with van der Waals surface area (Å²) in [6, 6.07) is 0. The normalized spacial score (nSPS) is 27.3. The summed E-state index contributed by atoms with van der Waals surface area (Å²) < 4.78 is 5.12. The number of hydrogen-bond acceptors (Lipinski definition) is 2. The first-order valence-corrected chi connectivity index (χ1v) is 6.29. The highest BCUT2D eigenvalue weighted by atomic mass is 16.5. The first-order chi connectivity index (χ1) is 8.08. The van der Waals surface area contributed by atoms with Gasteiger partial charge >= 0.3 is 5.97 Å². The van der Waals surface area contributed by atoms with Crippen LogP contribution in [0, 0.1) is 11.8 Å². The van der Waals surface area contributed by atoms with E-state index < -0.39 is 0 Å². The summed E-state index contributed by atoms with van der Waals surface area (Å²) in [7, 11) is 0. The largest absolute Gasteiger partial charge is 0.431 e. The predicted octanol–water partition coefficient (Wildman–Crippen LogP) is 3.76. The Balaban J connectivity index is 1.95. The molecule has 2 unspecified atom stereocenters. The van der Waals surface area contributed by atoms with Gasteiger partial charge in [-0.3, -0.25) is 4.79 Å². The first kappa shape index (κ1) is 12.2. The van der Waals surface area contributed by atoms with Gasteiger partial charge in [0, 0.05) is 5.92 Å². The monoisotopic (exact) mass is 232 g/mol. The Kier molecular flexibility index (Phi) is 3.51. The molecule has 2 atom stereocenters. The summed E-state index contributed by atoms with van der Waals surface area (Å²) in [6.07, 6.45) is 8.44. The van der Waals surface area contributed by atoms with E-state index in [1.165, 1.54) is 11.1 Å². The van der Waals surface area contributed by atoms with Gasteiger partial charge in [-0.05, 0) is 39.5 Å². The van der Waals surface area contributed by atoms with E-state index in [4.69, 9.17) is 4.74 Å². The molecule has 0 spiro atoms. The molecule has 0 amide bonds. The van der Waals surface area contributed by atoms with Crippen LogP contribution >= 0.6 is 0 Å². The van der Waals surface area contributed by atoms with Crippen LogP contribution in [0.4, 0.5) is 0 Å². The van der Waals surface area contributed by atoms with Crippen LogP contribution in [-0.4, -0.2) is 5.97 Å². The number of rotatable bonds is 3. The highest BCUT2D eigenvalue weighted by molar-refractivity contribution is 5.77. The molecule has 0 saturated carbocycles. The maximum absolute atomic E-state index is 11.5. The summed E-state index contributed by atoms with van der Waals surface area (Å²) in [5.41, 5.74) is 2.81. The molecule has 0 aromatic heterocycles. The molecule has 1 aliphatic carbocycles. The maximum atomic E-state index is 11.5. The molecule has 2 heteroatoms. The van der Waals surface area contributed by atoms with Gasteiger partial charge < -0.3 is 4.74 Å². The van der Waals surface area contributed by atoms with Crippen LogP contribution in [0.25, 0.3) is 0 Å². The van der Waals surface area contributed by atoms with E-state index in [2.05, 4.69) is 32.6 Å².